The summed E-state index contributed by atoms with van der Waals surface area (Å²) in [5, 5.41) is 2.89. The van der Waals surface area contributed by atoms with Gasteiger partial charge in [0, 0.05) is 11.8 Å². The Bertz CT molecular complexity index is 449. The molecule has 21 heavy (non-hydrogen) atoms. The molecule has 118 valence electrons. The number of ether oxygens (including phenoxy) is 2. The molecule has 0 spiro atoms. The van der Waals surface area contributed by atoms with Gasteiger partial charge in [0.25, 0.3) is 0 Å². The Hall–Kier alpha value is -1.36. The molecule has 0 unspecified atom stereocenters. The second-order valence-corrected chi connectivity index (χ2v) is 6.01. The second kappa shape index (κ2) is 9.55. The normalized spacial score (nSPS) is 10.5. The molecule has 1 N–H and O–H groups in total. The van der Waals surface area contributed by atoms with Crippen molar-refractivity contribution in [3.8, 4) is 11.5 Å². The van der Waals surface area contributed by atoms with Gasteiger partial charge in [0.05, 0.1) is 19.0 Å². The quantitative estimate of drug-likeness (QED) is 0.753. The lowest BCUT2D eigenvalue weighted by molar-refractivity contribution is -0.113. The van der Waals surface area contributed by atoms with E-state index in [-0.39, 0.29) is 5.91 Å². The number of anilines is 1. The molecule has 0 saturated carbocycles. The van der Waals surface area contributed by atoms with Crippen molar-refractivity contribution in [3.05, 3.63) is 18.2 Å². The van der Waals surface area contributed by atoms with Gasteiger partial charge in [0.2, 0.25) is 5.91 Å². The van der Waals surface area contributed by atoms with Crippen LogP contribution < -0.4 is 14.8 Å². The lowest BCUT2D eigenvalue weighted by Crippen LogP contribution is -2.15. The van der Waals surface area contributed by atoms with Crippen LogP contribution in [0.1, 0.15) is 27.7 Å². The van der Waals surface area contributed by atoms with Gasteiger partial charge in [-0.15, -0.1) is 0 Å². The first-order valence-electron chi connectivity index (χ1n) is 7.34. The molecule has 0 atom stereocenters. The third-order valence-corrected chi connectivity index (χ3v) is 3.88. The van der Waals surface area contributed by atoms with E-state index in [4.69, 9.17) is 9.47 Å². The molecule has 0 aliphatic carbocycles. The largest absolute Gasteiger partial charge is 0.490 e. The zero-order valence-electron chi connectivity index (χ0n) is 13.3. The number of carbonyl (C=O) groups excluding carboxylic acids is 1. The molecule has 0 aliphatic rings. The molecular weight excluding hydrogens is 286 g/mol. The Balaban J connectivity index is 2.62. The molecule has 0 radical (unpaired) electrons. The molecule has 5 heteroatoms. The van der Waals surface area contributed by atoms with Crippen molar-refractivity contribution >= 4 is 23.4 Å². The Kier molecular flexibility index (Phi) is 8.05. The topological polar surface area (TPSA) is 47.6 Å². The molecule has 1 rings (SSSR count). The molecule has 0 aromatic heterocycles. The second-order valence-electron chi connectivity index (χ2n) is 4.98. The van der Waals surface area contributed by atoms with Crippen molar-refractivity contribution in [1.29, 1.82) is 0 Å². The summed E-state index contributed by atoms with van der Waals surface area (Å²) in [4.78, 5) is 11.9. The number of amides is 1. The Labute approximate surface area is 131 Å². The lowest BCUT2D eigenvalue weighted by atomic mass is 10.2. The van der Waals surface area contributed by atoms with Crippen molar-refractivity contribution < 1.29 is 14.3 Å². The Morgan fingerprint density at radius 3 is 2.48 bits per heavy atom. The number of hydrogen-bond donors (Lipinski definition) is 1. The van der Waals surface area contributed by atoms with Crippen LogP contribution in [0.2, 0.25) is 0 Å². The summed E-state index contributed by atoms with van der Waals surface area (Å²) in [6.07, 6.45) is 0. The monoisotopic (exact) mass is 311 g/mol. The third-order valence-electron chi connectivity index (χ3n) is 2.51. The standard InChI is InChI=1S/C16H25NO3S/c1-5-19-14-8-7-13(9-15(14)20-6-2)17-16(18)11-21-10-12(3)4/h7-9,12H,5-6,10-11H2,1-4H3,(H,17,18). The summed E-state index contributed by atoms with van der Waals surface area (Å²) >= 11 is 1.65. The van der Waals surface area contributed by atoms with Gasteiger partial charge >= 0.3 is 0 Å². The van der Waals surface area contributed by atoms with E-state index in [1.54, 1.807) is 17.8 Å². The first kappa shape index (κ1) is 17.7. The summed E-state index contributed by atoms with van der Waals surface area (Å²) in [6, 6.07) is 5.46. The number of carbonyl (C=O) groups is 1. The van der Waals surface area contributed by atoms with Crippen molar-refractivity contribution in [2.75, 3.05) is 30.0 Å². The molecular formula is C16H25NO3S. The van der Waals surface area contributed by atoms with Gasteiger partial charge < -0.3 is 14.8 Å². The molecule has 0 heterocycles. The predicted molar refractivity (Wildman–Crippen MR) is 89.6 cm³/mol. The molecule has 1 aromatic rings. The summed E-state index contributed by atoms with van der Waals surface area (Å²) in [6.45, 7) is 9.28. The van der Waals surface area contributed by atoms with Crippen molar-refractivity contribution in [1.82, 2.24) is 0 Å². The lowest BCUT2D eigenvalue weighted by Gasteiger charge is -2.13. The van der Waals surface area contributed by atoms with E-state index in [0.29, 0.717) is 36.4 Å². The van der Waals surface area contributed by atoms with E-state index in [2.05, 4.69) is 19.2 Å². The maximum atomic E-state index is 11.9. The highest BCUT2D eigenvalue weighted by Crippen LogP contribution is 2.30. The highest BCUT2D eigenvalue weighted by atomic mass is 32.2. The van der Waals surface area contributed by atoms with Gasteiger partial charge in [-0.05, 0) is 37.7 Å². The molecule has 1 amide bonds. The average Bonchev–Trinajstić information content (AvgIpc) is 2.41. The van der Waals surface area contributed by atoms with Crippen LogP contribution in [0, 0.1) is 5.92 Å². The van der Waals surface area contributed by atoms with Crippen LogP contribution in [0.15, 0.2) is 18.2 Å². The summed E-state index contributed by atoms with van der Waals surface area (Å²) in [5.41, 5.74) is 0.733. The zero-order valence-corrected chi connectivity index (χ0v) is 14.1. The minimum Gasteiger partial charge on any atom is -0.490 e. The van der Waals surface area contributed by atoms with E-state index < -0.39 is 0 Å². The van der Waals surface area contributed by atoms with Crippen LogP contribution in [0.25, 0.3) is 0 Å². The maximum Gasteiger partial charge on any atom is 0.234 e. The minimum atomic E-state index is 0.00672. The fourth-order valence-corrected chi connectivity index (χ4v) is 2.56. The van der Waals surface area contributed by atoms with Crippen LogP contribution >= 0.6 is 11.8 Å². The first-order chi connectivity index (χ1) is 10.1. The van der Waals surface area contributed by atoms with Crippen LogP contribution in [0.5, 0.6) is 11.5 Å². The molecule has 1 aromatic carbocycles. The van der Waals surface area contributed by atoms with Crippen LogP contribution in [-0.4, -0.2) is 30.6 Å². The fraction of sp³-hybridized carbons (Fsp3) is 0.562. The summed E-state index contributed by atoms with van der Waals surface area (Å²) in [5.74, 6) is 3.42. The zero-order chi connectivity index (χ0) is 15.7. The molecule has 0 aliphatic heterocycles. The summed E-state index contributed by atoms with van der Waals surface area (Å²) in [7, 11) is 0. The van der Waals surface area contributed by atoms with E-state index in [9.17, 15) is 4.79 Å². The van der Waals surface area contributed by atoms with Crippen molar-refractivity contribution in [3.63, 3.8) is 0 Å². The minimum absolute atomic E-state index is 0.00672. The predicted octanol–water partition coefficient (Wildman–Crippen LogP) is 3.81. The Morgan fingerprint density at radius 2 is 1.86 bits per heavy atom. The first-order valence-corrected chi connectivity index (χ1v) is 8.49. The van der Waals surface area contributed by atoms with Gasteiger partial charge in [0.15, 0.2) is 11.5 Å². The smallest absolute Gasteiger partial charge is 0.234 e. The van der Waals surface area contributed by atoms with E-state index in [0.717, 1.165) is 11.4 Å². The highest BCUT2D eigenvalue weighted by Gasteiger charge is 2.09. The number of hydrogen-bond acceptors (Lipinski definition) is 4. The van der Waals surface area contributed by atoms with Gasteiger partial charge in [-0.3, -0.25) is 4.79 Å². The van der Waals surface area contributed by atoms with Crippen molar-refractivity contribution in [2.45, 2.75) is 27.7 Å². The van der Waals surface area contributed by atoms with Gasteiger partial charge in [-0.2, -0.15) is 11.8 Å². The van der Waals surface area contributed by atoms with Crippen molar-refractivity contribution in [2.24, 2.45) is 5.92 Å². The number of benzene rings is 1. The van der Waals surface area contributed by atoms with Crippen LogP contribution in [-0.2, 0) is 4.79 Å². The molecule has 0 bridgehead atoms. The van der Waals surface area contributed by atoms with Gasteiger partial charge in [-0.25, -0.2) is 0 Å². The van der Waals surface area contributed by atoms with Gasteiger partial charge in [0.1, 0.15) is 0 Å². The Morgan fingerprint density at radius 1 is 1.19 bits per heavy atom. The fourth-order valence-electron chi connectivity index (χ4n) is 1.71. The number of thioether (sulfide) groups is 1. The third kappa shape index (κ3) is 6.76. The average molecular weight is 311 g/mol. The molecule has 0 fully saturated rings. The van der Waals surface area contributed by atoms with E-state index in [1.807, 2.05) is 26.0 Å². The van der Waals surface area contributed by atoms with E-state index >= 15 is 0 Å². The number of nitrogens with one attached hydrogen (secondary N) is 1. The molecule has 4 nitrogen and oxygen atoms in total. The molecule has 0 saturated heterocycles. The van der Waals surface area contributed by atoms with E-state index in [1.165, 1.54) is 0 Å². The van der Waals surface area contributed by atoms with Gasteiger partial charge in [-0.1, -0.05) is 13.8 Å². The van der Waals surface area contributed by atoms with Crippen LogP contribution in [0.3, 0.4) is 0 Å². The highest BCUT2D eigenvalue weighted by molar-refractivity contribution is 7.99. The SMILES string of the molecule is CCOc1ccc(NC(=O)CSCC(C)C)cc1OCC. The maximum absolute atomic E-state index is 11.9. The number of rotatable bonds is 9. The summed E-state index contributed by atoms with van der Waals surface area (Å²) < 4.78 is 11.0. The van der Waals surface area contributed by atoms with Crippen LogP contribution in [0.4, 0.5) is 5.69 Å².